The molecule has 1 aliphatic rings. The zero-order valence-electron chi connectivity index (χ0n) is 11.4. The Balaban J connectivity index is 2.11. The van der Waals surface area contributed by atoms with Gasteiger partial charge < -0.3 is 9.84 Å². The van der Waals surface area contributed by atoms with Crippen LogP contribution in [0.3, 0.4) is 0 Å². The number of hydrogen-bond acceptors (Lipinski definition) is 5. The molecule has 0 saturated heterocycles. The molecule has 0 amide bonds. The van der Waals surface area contributed by atoms with E-state index in [2.05, 4.69) is 0 Å². The maximum atomic E-state index is 12.5. The van der Waals surface area contributed by atoms with Crippen molar-refractivity contribution in [2.75, 3.05) is 33.4 Å². The number of hydrogen-bond donors (Lipinski definition) is 1. The molecule has 1 aromatic rings. The number of thiophene rings is 1. The van der Waals surface area contributed by atoms with E-state index in [9.17, 15) is 8.42 Å². The lowest BCUT2D eigenvalue weighted by Gasteiger charge is -2.25. The van der Waals surface area contributed by atoms with Crippen molar-refractivity contribution in [2.45, 2.75) is 17.1 Å². The minimum atomic E-state index is -3.41. The Kier molecular flexibility index (Phi) is 5.34. The van der Waals surface area contributed by atoms with E-state index in [0.717, 1.165) is 10.5 Å². The summed E-state index contributed by atoms with van der Waals surface area (Å²) in [6.07, 6.45) is 3.13. The van der Waals surface area contributed by atoms with Crippen LogP contribution < -0.4 is 0 Å². The minimum Gasteiger partial charge on any atom is -0.396 e. The van der Waals surface area contributed by atoms with Gasteiger partial charge in [0.05, 0.1) is 6.61 Å². The minimum absolute atomic E-state index is 0.0346. The van der Waals surface area contributed by atoms with E-state index in [1.807, 2.05) is 6.08 Å². The SMILES string of the molecule is COCC1=CCN(S(=O)(=O)c2ccc(CCO)s2)CC1. The molecule has 0 radical (unpaired) electrons. The van der Waals surface area contributed by atoms with Crippen molar-refractivity contribution in [1.29, 1.82) is 0 Å². The van der Waals surface area contributed by atoms with Crippen molar-refractivity contribution in [3.63, 3.8) is 0 Å². The van der Waals surface area contributed by atoms with E-state index in [0.29, 0.717) is 36.7 Å². The van der Waals surface area contributed by atoms with Crippen LogP contribution in [0.2, 0.25) is 0 Å². The number of nitrogens with zero attached hydrogens (tertiary/aromatic N) is 1. The number of aliphatic hydroxyl groups is 1. The zero-order chi connectivity index (χ0) is 14.6. The first-order valence-corrected chi connectivity index (χ1v) is 8.70. The van der Waals surface area contributed by atoms with Crippen molar-refractivity contribution in [3.8, 4) is 0 Å². The highest BCUT2D eigenvalue weighted by molar-refractivity contribution is 7.91. The predicted molar refractivity (Wildman–Crippen MR) is 78.4 cm³/mol. The number of sulfonamides is 1. The summed E-state index contributed by atoms with van der Waals surface area (Å²) < 4.78 is 31.9. The van der Waals surface area contributed by atoms with Crippen molar-refractivity contribution in [3.05, 3.63) is 28.7 Å². The first kappa shape index (κ1) is 15.7. The monoisotopic (exact) mass is 317 g/mol. The fraction of sp³-hybridized carbons (Fsp3) is 0.538. The van der Waals surface area contributed by atoms with E-state index in [4.69, 9.17) is 9.84 Å². The van der Waals surface area contributed by atoms with Gasteiger partial charge in [-0.2, -0.15) is 4.31 Å². The summed E-state index contributed by atoms with van der Waals surface area (Å²) in [6, 6.07) is 3.39. The van der Waals surface area contributed by atoms with Crippen LogP contribution in [0, 0.1) is 0 Å². The highest BCUT2D eigenvalue weighted by Gasteiger charge is 2.27. The molecule has 0 spiro atoms. The largest absolute Gasteiger partial charge is 0.396 e. The molecule has 5 nitrogen and oxygen atoms in total. The summed E-state index contributed by atoms with van der Waals surface area (Å²) in [6.45, 7) is 1.49. The molecule has 1 N–H and O–H groups in total. The third kappa shape index (κ3) is 3.48. The van der Waals surface area contributed by atoms with Crippen molar-refractivity contribution >= 4 is 21.4 Å². The molecule has 0 unspecified atom stereocenters. The third-order valence-corrected chi connectivity index (χ3v) is 6.66. The lowest BCUT2D eigenvalue weighted by molar-refractivity contribution is 0.219. The molecule has 2 rings (SSSR count). The Morgan fingerprint density at radius 1 is 1.45 bits per heavy atom. The average Bonchev–Trinajstić information content (AvgIpc) is 2.90. The lowest BCUT2D eigenvalue weighted by Crippen LogP contribution is -2.34. The summed E-state index contributed by atoms with van der Waals surface area (Å²) >= 11 is 1.23. The van der Waals surface area contributed by atoms with Crippen LogP contribution in [0.5, 0.6) is 0 Å². The highest BCUT2D eigenvalue weighted by atomic mass is 32.2. The van der Waals surface area contributed by atoms with Crippen LogP contribution in [0.4, 0.5) is 0 Å². The summed E-state index contributed by atoms with van der Waals surface area (Å²) in [7, 11) is -1.78. The van der Waals surface area contributed by atoms with E-state index < -0.39 is 10.0 Å². The van der Waals surface area contributed by atoms with Gasteiger partial charge in [-0.15, -0.1) is 11.3 Å². The van der Waals surface area contributed by atoms with Crippen LogP contribution >= 0.6 is 11.3 Å². The second-order valence-corrected chi connectivity index (χ2v) is 7.94. The third-order valence-electron chi connectivity index (χ3n) is 3.19. The normalized spacial score (nSPS) is 17.2. The number of ether oxygens (including phenoxy) is 1. The van der Waals surface area contributed by atoms with Crippen molar-refractivity contribution in [2.24, 2.45) is 0 Å². The first-order chi connectivity index (χ1) is 9.57. The molecule has 0 fully saturated rings. The summed E-state index contributed by atoms with van der Waals surface area (Å²) in [5, 5.41) is 8.89. The van der Waals surface area contributed by atoms with E-state index >= 15 is 0 Å². The molecule has 112 valence electrons. The fourth-order valence-corrected chi connectivity index (χ4v) is 4.98. The summed E-state index contributed by atoms with van der Waals surface area (Å²) in [5.41, 5.74) is 1.14. The molecular weight excluding hydrogens is 298 g/mol. The number of aliphatic hydroxyl groups excluding tert-OH is 1. The maximum Gasteiger partial charge on any atom is 0.252 e. The van der Waals surface area contributed by atoms with Gasteiger partial charge in [-0.1, -0.05) is 6.08 Å². The van der Waals surface area contributed by atoms with Gasteiger partial charge in [0.2, 0.25) is 0 Å². The van der Waals surface area contributed by atoms with Gasteiger partial charge in [0, 0.05) is 38.1 Å². The maximum absolute atomic E-state index is 12.5. The van der Waals surface area contributed by atoms with Gasteiger partial charge in [-0.3, -0.25) is 0 Å². The second kappa shape index (κ2) is 6.82. The molecule has 0 aliphatic carbocycles. The van der Waals surface area contributed by atoms with E-state index in [-0.39, 0.29) is 6.61 Å². The Hall–Kier alpha value is -0.730. The molecule has 7 heteroatoms. The number of rotatable bonds is 6. The Morgan fingerprint density at radius 3 is 2.85 bits per heavy atom. The summed E-state index contributed by atoms with van der Waals surface area (Å²) in [5.74, 6) is 0. The summed E-state index contributed by atoms with van der Waals surface area (Å²) in [4.78, 5) is 0.888. The van der Waals surface area contributed by atoms with Gasteiger partial charge >= 0.3 is 0 Å². The molecular formula is C13H19NO4S2. The van der Waals surface area contributed by atoms with Crippen LogP contribution in [-0.2, 0) is 21.2 Å². The molecule has 1 aromatic heterocycles. The molecule has 20 heavy (non-hydrogen) atoms. The van der Waals surface area contributed by atoms with Crippen LogP contribution in [-0.4, -0.2) is 51.2 Å². The highest BCUT2D eigenvalue weighted by Crippen LogP contribution is 2.27. The van der Waals surface area contributed by atoms with Crippen molar-refractivity contribution in [1.82, 2.24) is 4.31 Å². The first-order valence-electron chi connectivity index (χ1n) is 6.44. The van der Waals surface area contributed by atoms with Gasteiger partial charge in [0.25, 0.3) is 10.0 Å². The van der Waals surface area contributed by atoms with Gasteiger partial charge in [-0.05, 0) is 24.1 Å². The topological polar surface area (TPSA) is 66.8 Å². The molecule has 2 heterocycles. The molecule has 1 aliphatic heterocycles. The van der Waals surface area contributed by atoms with Gasteiger partial charge in [0.1, 0.15) is 4.21 Å². The Morgan fingerprint density at radius 2 is 2.25 bits per heavy atom. The van der Waals surface area contributed by atoms with Crippen LogP contribution in [0.1, 0.15) is 11.3 Å². The lowest BCUT2D eigenvalue weighted by atomic mass is 10.1. The van der Waals surface area contributed by atoms with E-state index in [1.54, 1.807) is 19.2 Å². The van der Waals surface area contributed by atoms with Crippen LogP contribution in [0.25, 0.3) is 0 Å². The smallest absolute Gasteiger partial charge is 0.252 e. The van der Waals surface area contributed by atoms with Gasteiger partial charge in [0.15, 0.2) is 0 Å². The molecule has 0 saturated carbocycles. The van der Waals surface area contributed by atoms with E-state index in [1.165, 1.54) is 15.6 Å². The predicted octanol–water partition coefficient (Wildman–Crippen LogP) is 1.25. The molecule has 0 aromatic carbocycles. The quantitative estimate of drug-likeness (QED) is 0.802. The standard InChI is InChI=1S/C13H19NO4S2/c1-18-10-11-4-7-14(8-5-11)20(16,17)13-3-2-12(19-13)6-9-15/h2-4,15H,5-10H2,1H3. The molecule has 0 bridgehead atoms. The van der Waals surface area contributed by atoms with Gasteiger partial charge in [-0.25, -0.2) is 8.42 Å². The van der Waals surface area contributed by atoms with Crippen LogP contribution in [0.15, 0.2) is 28.0 Å². The number of methoxy groups -OCH3 is 1. The Labute approximate surface area is 123 Å². The van der Waals surface area contributed by atoms with Crippen molar-refractivity contribution < 1.29 is 18.3 Å². The fourth-order valence-electron chi connectivity index (χ4n) is 2.10. The second-order valence-electron chi connectivity index (χ2n) is 4.60. The Bertz CT molecular complexity index is 577. The molecule has 0 atom stereocenters. The average molecular weight is 317 g/mol. The zero-order valence-corrected chi connectivity index (χ0v) is 13.0.